The van der Waals surface area contributed by atoms with Crippen molar-refractivity contribution in [2.24, 2.45) is 0 Å². The molecule has 69 heavy (non-hydrogen) atoms. The lowest BCUT2D eigenvalue weighted by Crippen LogP contribution is -2.30. The molecular weight excluding hydrogens is 853 g/mol. The fraction of sp³-hybridized carbons (Fsp3) is 0.762. The summed E-state index contributed by atoms with van der Waals surface area (Å²) >= 11 is 0. The first-order valence-corrected chi connectivity index (χ1v) is 29.4. The van der Waals surface area contributed by atoms with Crippen LogP contribution in [0, 0.1) is 0 Å². The SMILES string of the molecule is CCCCC/C=C\C/C=C\C/C=C\C/C=C\C/C=C\CCC(=O)O[C@H](COC(=O)CCCCCCC/C=C\CCCCCCCC)COC(=O)CCCCCCCCCCCCCCCCCCC. The van der Waals surface area contributed by atoms with Crippen molar-refractivity contribution >= 4 is 17.9 Å². The maximum Gasteiger partial charge on any atom is 0.306 e. The topological polar surface area (TPSA) is 78.9 Å². The van der Waals surface area contributed by atoms with E-state index in [9.17, 15) is 14.4 Å². The van der Waals surface area contributed by atoms with E-state index >= 15 is 0 Å². The van der Waals surface area contributed by atoms with Crippen LogP contribution in [0.25, 0.3) is 0 Å². The van der Waals surface area contributed by atoms with E-state index in [0.29, 0.717) is 19.3 Å². The molecule has 398 valence electrons. The summed E-state index contributed by atoms with van der Waals surface area (Å²) in [5.41, 5.74) is 0. The van der Waals surface area contributed by atoms with E-state index in [1.807, 2.05) is 6.08 Å². The maximum atomic E-state index is 12.8. The third-order valence-corrected chi connectivity index (χ3v) is 12.7. The van der Waals surface area contributed by atoms with Crippen LogP contribution in [0.2, 0.25) is 0 Å². The molecule has 0 N–H and O–H groups in total. The maximum absolute atomic E-state index is 12.8. The van der Waals surface area contributed by atoms with E-state index in [1.54, 1.807) is 0 Å². The van der Waals surface area contributed by atoms with Gasteiger partial charge in [0.2, 0.25) is 0 Å². The third-order valence-electron chi connectivity index (χ3n) is 12.7. The standard InChI is InChI=1S/C63H110O6/c1-4-7-10-13-16-19-22-25-28-30-31-33-36-39-42-45-48-51-54-57-63(66)69-60(58-67-61(64)55-52-49-46-43-40-37-34-27-24-21-18-15-12-9-6-3)59-68-62(65)56-53-50-47-44-41-38-35-32-29-26-23-20-17-14-11-8-5-2/h16,19,25,27-28,31,33-34,39,42,48,51,60H,4-15,17-18,20-24,26,29-30,32,35-38,40-41,43-47,49-50,52-59H2,1-3H3/b19-16-,28-25-,33-31-,34-27-,42-39-,51-48-/t60-/m1/s1. The van der Waals surface area contributed by atoms with Gasteiger partial charge in [-0.25, -0.2) is 0 Å². The Labute approximate surface area is 427 Å². The minimum Gasteiger partial charge on any atom is -0.462 e. The van der Waals surface area contributed by atoms with Crippen molar-refractivity contribution in [1.82, 2.24) is 0 Å². The summed E-state index contributed by atoms with van der Waals surface area (Å²) in [4.78, 5) is 38.1. The number of ether oxygens (including phenoxy) is 3. The molecule has 0 bridgehead atoms. The zero-order valence-corrected chi connectivity index (χ0v) is 45.6. The second-order valence-electron chi connectivity index (χ2n) is 19.6. The van der Waals surface area contributed by atoms with E-state index in [2.05, 4.69) is 87.6 Å². The van der Waals surface area contributed by atoms with Gasteiger partial charge in [0.15, 0.2) is 6.10 Å². The molecule has 0 aliphatic carbocycles. The Bertz CT molecular complexity index is 1290. The molecule has 6 nitrogen and oxygen atoms in total. The van der Waals surface area contributed by atoms with E-state index in [1.165, 1.54) is 173 Å². The molecule has 0 rings (SSSR count). The fourth-order valence-corrected chi connectivity index (χ4v) is 8.24. The van der Waals surface area contributed by atoms with Crippen LogP contribution in [0.1, 0.15) is 290 Å². The molecule has 0 saturated carbocycles. The first-order chi connectivity index (χ1) is 34.0. The normalized spacial score (nSPS) is 12.6. The van der Waals surface area contributed by atoms with Crippen LogP contribution in [0.15, 0.2) is 72.9 Å². The molecule has 0 unspecified atom stereocenters. The van der Waals surface area contributed by atoms with Crippen LogP contribution in [0.4, 0.5) is 0 Å². The molecule has 0 aliphatic rings. The Kier molecular flexibility index (Phi) is 54.8. The number of allylic oxidation sites excluding steroid dienone is 12. The van der Waals surface area contributed by atoms with Crippen LogP contribution in [0.5, 0.6) is 0 Å². The van der Waals surface area contributed by atoms with E-state index in [0.717, 1.165) is 70.6 Å². The third kappa shape index (κ3) is 55.6. The Balaban J connectivity index is 4.48. The van der Waals surface area contributed by atoms with E-state index in [-0.39, 0.29) is 37.5 Å². The van der Waals surface area contributed by atoms with Gasteiger partial charge in [0, 0.05) is 19.3 Å². The van der Waals surface area contributed by atoms with Gasteiger partial charge >= 0.3 is 17.9 Å². The van der Waals surface area contributed by atoms with Gasteiger partial charge in [-0.3, -0.25) is 14.4 Å². The summed E-state index contributed by atoms with van der Waals surface area (Å²) in [5, 5.41) is 0. The van der Waals surface area contributed by atoms with Crippen LogP contribution in [0.3, 0.4) is 0 Å². The Hall–Kier alpha value is -3.15. The Morgan fingerprint density at radius 2 is 0.551 bits per heavy atom. The Morgan fingerprint density at radius 1 is 0.290 bits per heavy atom. The molecular formula is C63H110O6. The van der Waals surface area contributed by atoms with Crippen molar-refractivity contribution < 1.29 is 28.6 Å². The highest BCUT2D eigenvalue weighted by Gasteiger charge is 2.19. The summed E-state index contributed by atoms with van der Waals surface area (Å²) in [6, 6.07) is 0. The van der Waals surface area contributed by atoms with Gasteiger partial charge in [-0.2, -0.15) is 0 Å². The molecule has 0 amide bonds. The average molecular weight is 964 g/mol. The number of carbonyl (C=O) groups excluding carboxylic acids is 3. The number of esters is 3. The second kappa shape index (κ2) is 57.4. The molecule has 6 heteroatoms. The van der Waals surface area contributed by atoms with Crippen molar-refractivity contribution in [1.29, 1.82) is 0 Å². The van der Waals surface area contributed by atoms with Crippen LogP contribution in [-0.2, 0) is 28.6 Å². The monoisotopic (exact) mass is 963 g/mol. The molecule has 0 fully saturated rings. The highest BCUT2D eigenvalue weighted by Crippen LogP contribution is 2.16. The summed E-state index contributed by atoms with van der Waals surface area (Å²) < 4.78 is 16.8. The molecule has 1 atom stereocenters. The summed E-state index contributed by atoms with van der Waals surface area (Å²) in [7, 11) is 0. The zero-order chi connectivity index (χ0) is 50.0. The van der Waals surface area contributed by atoms with Crippen molar-refractivity contribution in [3.63, 3.8) is 0 Å². The van der Waals surface area contributed by atoms with Gasteiger partial charge in [0.1, 0.15) is 13.2 Å². The molecule has 0 heterocycles. The summed E-state index contributed by atoms with van der Waals surface area (Å²) in [5.74, 6) is -0.986. The van der Waals surface area contributed by atoms with Crippen LogP contribution >= 0.6 is 0 Å². The average Bonchev–Trinajstić information content (AvgIpc) is 3.35. The lowest BCUT2D eigenvalue weighted by atomic mass is 10.0. The van der Waals surface area contributed by atoms with Crippen molar-refractivity contribution in [3.05, 3.63) is 72.9 Å². The quantitative estimate of drug-likeness (QED) is 0.0262. The lowest BCUT2D eigenvalue weighted by Gasteiger charge is -2.18. The van der Waals surface area contributed by atoms with Gasteiger partial charge < -0.3 is 14.2 Å². The predicted octanol–water partition coefficient (Wildman–Crippen LogP) is 19.8. The lowest BCUT2D eigenvalue weighted by molar-refractivity contribution is -0.166. The molecule has 0 aliphatic heterocycles. The summed E-state index contributed by atoms with van der Waals surface area (Å²) in [6.07, 6.45) is 73.3. The largest absolute Gasteiger partial charge is 0.462 e. The number of unbranched alkanes of at least 4 members (excludes halogenated alkanes) is 30. The number of hydrogen-bond acceptors (Lipinski definition) is 6. The second-order valence-corrected chi connectivity index (χ2v) is 19.6. The minimum absolute atomic E-state index is 0.105. The van der Waals surface area contributed by atoms with Crippen LogP contribution in [-0.4, -0.2) is 37.2 Å². The zero-order valence-electron chi connectivity index (χ0n) is 45.6. The van der Waals surface area contributed by atoms with Crippen molar-refractivity contribution in [3.8, 4) is 0 Å². The highest BCUT2D eigenvalue weighted by molar-refractivity contribution is 5.71. The predicted molar refractivity (Wildman–Crippen MR) is 298 cm³/mol. The van der Waals surface area contributed by atoms with Gasteiger partial charge in [-0.1, -0.05) is 261 Å². The molecule has 0 radical (unpaired) electrons. The molecule has 0 aromatic rings. The smallest absolute Gasteiger partial charge is 0.306 e. The molecule has 0 saturated heterocycles. The number of hydrogen-bond donors (Lipinski definition) is 0. The molecule has 0 spiro atoms. The van der Waals surface area contributed by atoms with E-state index in [4.69, 9.17) is 14.2 Å². The first kappa shape index (κ1) is 65.8. The molecule has 0 aromatic carbocycles. The Morgan fingerprint density at radius 3 is 0.913 bits per heavy atom. The number of carbonyl (C=O) groups is 3. The molecule has 0 aromatic heterocycles. The minimum atomic E-state index is -0.817. The first-order valence-electron chi connectivity index (χ1n) is 29.4. The van der Waals surface area contributed by atoms with Gasteiger partial charge in [0.05, 0.1) is 0 Å². The van der Waals surface area contributed by atoms with Crippen molar-refractivity contribution in [2.45, 2.75) is 297 Å². The fourth-order valence-electron chi connectivity index (χ4n) is 8.24. The highest BCUT2D eigenvalue weighted by atomic mass is 16.6. The van der Waals surface area contributed by atoms with Gasteiger partial charge in [-0.05, 0) is 83.5 Å². The van der Waals surface area contributed by atoms with Crippen molar-refractivity contribution in [2.75, 3.05) is 13.2 Å². The number of rotatable bonds is 53. The van der Waals surface area contributed by atoms with Gasteiger partial charge in [-0.15, -0.1) is 0 Å². The van der Waals surface area contributed by atoms with Crippen LogP contribution < -0.4 is 0 Å². The van der Waals surface area contributed by atoms with Gasteiger partial charge in [0.25, 0.3) is 0 Å². The van der Waals surface area contributed by atoms with E-state index < -0.39 is 6.10 Å². The summed E-state index contributed by atoms with van der Waals surface area (Å²) in [6.45, 7) is 6.57.